The summed E-state index contributed by atoms with van der Waals surface area (Å²) >= 11 is 5.52. The Morgan fingerprint density at radius 1 is 1.54 bits per heavy atom. The van der Waals surface area contributed by atoms with Gasteiger partial charge in [0.15, 0.2) is 5.58 Å². The highest BCUT2D eigenvalue weighted by Crippen LogP contribution is 2.19. The molecule has 0 unspecified atom stereocenters. The standard InChI is InChI=1S/C8H5ClN2O2/c9-8-11-5-3-4(7(10)12)1-2-6(5)13-8/h1-3H,(H2,10,12). The molecule has 0 saturated carbocycles. The quantitative estimate of drug-likeness (QED) is 0.753. The van der Waals surface area contributed by atoms with Gasteiger partial charge in [0.2, 0.25) is 5.91 Å². The molecule has 1 amide bonds. The van der Waals surface area contributed by atoms with Crippen molar-refractivity contribution in [2.75, 3.05) is 0 Å². The summed E-state index contributed by atoms with van der Waals surface area (Å²) in [7, 11) is 0. The maximum Gasteiger partial charge on any atom is 0.293 e. The molecule has 0 fully saturated rings. The molecule has 0 atom stereocenters. The van der Waals surface area contributed by atoms with Crippen LogP contribution in [0, 0.1) is 0 Å². The molecule has 0 radical (unpaired) electrons. The van der Waals surface area contributed by atoms with E-state index < -0.39 is 5.91 Å². The Morgan fingerprint density at radius 3 is 3.00 bits per heavy atom. The molecule has 0 bridgehead atoms. The van der Waals surface area contributed by atoms with Crippen LogP contribution in [0.3, 0.4) is 0 Å². The number of hydrogen-bond acceptors (Lipinski definition) is 3. The van der Waals surface area contributed by atoms with Crippen LogP contribution in [-0.2, 0) is 0 Å². The molecule has 4 nitrogen and oxygen atoms in total. The van der Waals surface area contributed by atoms with E-state index in [0.29, 0.717) is 16.7 Å². The van der Waals surface area contributed by atoms with Gasteiger partial charge >= 0.3 is 0 Å². The molecule has 0 spiro atoms. The van der Waals surface area contributed by atoms with Gasteiger partial charge in [0.25, 0.3) is 5.35 Å². The number of carbonyl (C=O) groups excluding carboxylic acids is 1. The number of oxazole rings is 1. The zero-order chi connectivity index (χ0) is 9.42. The zero-order valence-corrected chi connectivity index (χ0v) is 7.21. The van der Waals surface area contributed by atoms with E-state index in [-0.39, 0.29) is 5.35 Å². The molecular weight excluding hydrogens is 192 g/mol. The molecule has 13 heavy (non-hydrogen) atoms. The Hall–Kier alpha value is -1.55. The minimum atomic E-state index is -0.499. The lowest BCUT2D eigenvalue weighted by molar-refractivity contribution is 0.100. The lowest BCUT2D eigenvalue weighted by Crippen LogP contribution is -2.10. The molecule has 5 heteroatoms. The van der Waals surface area contributed by atoms with Crippen molar-refractivity contribution in [3.63, 3.8) is 0 Å². The number of nitrogens with two attached hydrogens (primary N) is 1. The van der Waals surface area contributed by atoms with E-state index in [1.807, 2.05) is 0 Å². The van der Waals surface area contributed by atoms with Gasteiger partial charge in [0.05, 0.1) is 0 Å². The third kappa shape index (κ3) is 1.36. The number of hydrogen-bond donors (Lipinski definition) is 1. The first-order valence-corrected chi connectivity index (χ1v) is 3.90. The lowest BCUT2D eigenvalue weighted by atomic mass is 10.2. The molecule has 66 valence electrons. The number of benzene rings is 1. The highest BCUT2D eigenvalue weighted by atomic mass is 35.5. The minimum absolute atomic E-state index is 0.0524. The van der Waals surface area contributed by atoms with Crippen molar-refractivity contribution in [3.05, 3.63) is 29.1 Å². The van der Waals surface area contributed by atoms with E-state index in [2.05, 4.69) is 4.98 Å². The summed E-state index contributed by atoms with van der Waals surface area (Å²) in [5, 5.41) is 0.0524. The van der Waals surface area contributed by atoms with E-state index in [1.54, 1.807) is 12.1 Å². The van der Waals surface area contributed by atoms with E-state index >= 15 is 0 Å². The predicted molar refractivity (Wildman–Crippen MR) is 47.5 cm³/mol. The van der Waals surface area contributed by atoms with Gasteiger partial charge in [-0.3, -0.25) is 4.79 Å². The number of amides is 1. The summed E-state index contributed by atoms with van der Waals surface area (Å²) in [5.74, 6) is -0.499. The molecule has 2 N–H and O–H groups in total. The van der Waals surface area contributed by atoms with Gasteiger partial charge in [-0.2, -0.15) is 4.98 Å². The lowest BCUT2D eigenvalue weighted by Gasteiger charge is -1.92. The van der Waals surface area contributed by atoms with Crippen LogP contribution in [-0.4, -0.2) is 10.9 Å². The Kier molecular flexibility index (Phi) is 1.70. The van der Waals surface area contributed by atoms with Crippen LogP contribution >= 0.6 is 11.6 Å². The van der Waals surface area contributed by atoms with E-state index in [1.165, 1.54) is 6.07 Å². The van der Waals surface area contributed by atoms with Crippen LogP contribution in [0.1, 0.15) is 10.4 Å². The molecule has 0 aliphatic carbocycles. The fourth-order valence-electron chi connectivity index (χ4n) is 1.05. The second kappa shape index (κ2) is 2.74. The maximum absolute atomic E-state index is 10.8. The summed E-state index contributed by atoms with van der Waals surface area (Å²) in [6.45, 7) is 0. The Labute approximate surface area is 78.3 Å². The van der Waals surface area contributed by atoms with Gasteiger partial charge in [-0.1, -0.05) is 0 Å². The number of halogens is 1. The average molecular weight is 197 g/mol. The Morgan fingerprint density at radius 2 is 2.31 bits per heavy atom. The summed E-state index contributed by atoms with van der Waals surface area (Å²) in [6.07, 6.45) is 0. The average Bonchev–Trinajstić information content (AvgIpc) is 2.42. The summed E-state index contributed by atoms with van der Waals surface area (Å²) in [5.41, 5.74) is 6.53. The highest BCUT2D eigenvalue weighted by Gasteiger charge is 2.06. The molecule has 1 heterocycles. The number of rotatable bonds is 1. The molecule has 0 aliphatic rings. The van der Waals surface area contributed by atoms with Crippen molar-refractivity contribution < 1.29 is 9.21 Å². The smallest absolute Gasteiger partial charge is 0.293 e. The van der Waals surface area contributed by atoms with Crippen LogP contribution in [0.15, 0.2) is 22.6 Å². The van der Waals surface area contributed by atoms with Crippen molar-refractivity contribution in [1.29, 1.82) is 0 Å². The second-order valence-electron chi connectivity index (χ2n) is 2.51. The van der Waals surface area contributed by atoms with Crippen LogP contribution in [0.4, 0.5) is 0 Å². The molecule has 0 aliphatic heterocycles. The Balaban J connectivity index is 2.67. The summed E-state index contributed by atoms with van der Waals surface area (Å²) in [6, 6.07) is 4.70. The maximum atomic E-state index is 10.8. The minimum Gasteiger partial charge on any atom is -0.428 e. The van der Waals surface area contributed by atoms with Crippen molar-refractivity contribution in [2.45, 2.75) is 0 Å². The van der Waals surface area contributed by atoms with E-state index in [4.69, 9.17) is 21.8 Å². The second-order valence-corrected chi connectivity index (χ2v) is 2.84. The third-order valence-corrected chi connectivity index (χ3v) is 1.81. The van der Waals surface area contributed by atoms with Gasteiger partial charge < -0.3 is 10.2 Å². The number of fused-ring (bicyclic) bond motifs is 1. The monoisotopic (exact) mass is 196 g/mol. The molecule has 1 aromatic carbocycles. The number of nitrogens with zero attached hydrogens (tertiary/aromatic N) is 1. The Bertz CT molecular complexity index is 478. The molecular formula is C8H5ClN2O2. The van der Waals surface area contributed by atoms with Gasteiger partial charge in [-0.25, -0.2) is 0 Å². The largest absolute Gasteiger partial charge is 0.428 e. The topological polar surface area (TPSA) is 69.1 Å². The van der Waals surface area contributed by atoms with E-state index in [9.17, 15) is 4.79 Å². The first kappa shape index (κ1) is 8.07. The van der Waals surface area contributed by atoms with Crippen LogP contribution < -0.4 is 5.73 Å². The molecule has 0 saturated heterocycles. The number of primary amides is 1. The van der Waals surface area contributed by atoms with Crippen LogP contribution in [0.2, 0.25) is 5.35 Å². The first-order valence-electron chi connectivity index (χ1n) is 3.53. The van der Waals surface area contributed by atoms with Crippen LogP contribution in [0.25, 0.3) is 11.1 Å². The number of carbonyl (C=O) groups is 1. The van der Waals surface area contributed by atoms with Gasteiger partial charge in [-0.15, -0.1) is 0 Å². The predicted octanol–water partition coefficient (Wildman–Crippen LogP) is 1.58. The fourth-order valence-corrected chi connectivity index (χ4v) is 1.23. The number of aromatic nitrogens is 1. The van der Waals surface area contributed by atoms with Crippen molar-refractivity contribution in [3.8, 4) is 0 Å². The van der Waals surface area contributed by atoms with Crippen molar-refractivity contribution >= 4 is 28.6 Å². The summed E-state index contributed by atoms with van der Waals surface area (Å²) in [4.78, 5) is 14.6. The third-order valence-electron chi connectivity index (χ3n) is 1.65. The summed E-state index contributed by atoms with van der Waals surface area (Å²) < 4.78 is 5.00. The normalized spacial score (nSPS) is 10.5. The molecule has 1 aromatic heterocycles. The SMILES string of the molecule is NC(=O)c1ccc2oc(Cl)nc2c1. The van der Waals surface area contributed by atoms with Gasteiger partial charge in [0, 0.05) is 5.56 Å². The van der Waals surface area contributed by atoms with Gasteiger partial charge in [-0.05, 0) is 29.8 Å². The fraction of sp³-hybridized carbons (Fsp3) is 0. The molecule has 2 aromatic rings. The zero-order valence-electron chi connectivity index (χ0n) is 6.45. The van der Waals surface area contributed by atoms with Gasteiger partial charge in [0.1, 0.15) is 5.52 Å². The van der Waals surface area contributed by atoms with Crippen LogP contribution in [0.5, 0.6) is 0 Å². The van der Waals surface area contributed by atoms with Crippen molar-refractivity contribution in [1.82, 2.24) is 4.98 Å². The first-order chi connectivity index (χ1) is 6.16. The van der Waals surface area contributed by atoms with Crippen molar-refractivity contribution in [2.24, 2.45) is 5.73 Å². The highest BCUT2D eigenvalue weighted by molar-refractivity contribution is 6.28. The van der Waals surface area contributed by atoms with E-state index in [0.717, 1.165) is 0 Å². The molecule has 2 rings (SSSR count).